The molecule has 42 valence electrons. The van der Waals surface area contributed by atoms with Crippen molar-refractivity contribution in [3.05, 3.63) is 0 Å². The van der Waals surface area contributed by atoms with E-state index in [1.807, 2.05) is 0 Å². The van der Waals surface area contributed by atoms with Crippen LogP contribution in [0, 0.1) is 0 Å². The SMILES string of the molecule is CC[C@H](O)C(=O)S. The zero-order valence-corrected chi connectivity index (χ0v) is 4.98. The van der Waals surface area contributed by atoms with Gasteiger partial charge in [-0.2, -0.15) is 0 Å². The summed E-state index contributed by atoms with van der Waals surface area (Å²) < 4.78 is 0. The lowest BCUT2D eigenvalue weighted by Crippen LogP contribution is -2.12. The van der Waals surface area contributed by atoms with Crippen LogP contribution in [-0.4, -0.2) is 16.3 Å². The van der Waals surface area contributed by atoms with Crippen LogP contribution in [0.2, 0.25) is 0 Å². The summed E-state index contributed by atoms with van der Waals surface area (Å²) in [5.41, 5.74) is 0. The number of hydrogen-bond acceptors (Lipinski definition) is 2. The fourth-order valence-corrected chi connectivity index (χ4v) is 0.357. The first-order chi connectivity index (χ1) is 3.18. The molecule has 0 fully saturated rings. The van der Waals surface area contributed by atoms with Gasteiger partial charge in [0.15, 0.2) is 0 Å². The standard InChI is InChI=1S/C4H8O2S/c1-2-3(5)4(6)7/h3,5H,2H2,1H3,(H,6,7)/t3-/m0/s1. The molecule has 0 aromatic carbocycles. The summed E-state index contributed by atoms with van der Waals surface area (Å²) in [5.74, 6) is 0. The second-order valence-electron chi connectivity index (χ2n) is 1.26. The van der Waals surface area contributed by atoms with Gasteiger partial charge in [0.1, 0.15) is 6.10 Å². The Bertz CT molecular complexity index is 72.1. The molecule has 0 aliphatic carbocycles. The molecule has 0 spiro atoms. The summed E-state index contributed by atoms with van der Waals surface area (Å²) in [6, 6.07) is 0. The molecular formula is C4H8O2S. The molecule has 0 saturated carbocycles. The summed E-state index contributed by atoms with van der Waals surface area (Å²) in [7, 11) is 0. The van der Waals surface area contributed by atoms with Gasteiger partial charge in [0, 0.05) is 0 Å². The van der Waals surface area contributed by atoms with Crippen molar-refractivity contribution < 1.29 is 9.90 Å². The lowest BCUT2D eigenvalue weighted by atomic mass is 10.3. The van der Waals surface area contributed by atoms with Gasteiger partial charge in [-0.25, -0.2) is 0 Å². The number of rotatable bonds is 2. The first kappa shape index (κ1) is 6.98. The van der Waals surface area contributed by atoms with Gasteiger partial charge in [-0.3, -0.25) is 4.79 Å². The third-order valence-electron chi connectivity index (χ3n) is 0.672. The van der Waals surface area contributed by atoms with E-state index in [-0.39, 0.29) is 0 Å². The highest BCUT2D eigenvalue weighted by Crippen LogP contribution is 1.93. The van der Waals surface area contributed by atoms with Gasteiger partial charge < -0.3 is 5.11 Å². The molecule has 0 amide bonds. The minimum absolute atomic E-state index is 0.447. The number of aliphatic hydroxyl groups is 1. The van der Waals surface area contributed by atoms with E-state index in [0.717, 1.165) is 0 Å². The minimum atomic E-state index is -0.872. The summed E-state index contributed by atoms with van der Waals surface area (Å²) in [5, 5.41) is 8.05. The van der Waals surface area contributed by atoms with Crippen LogP contribution in [0.25, 0.3) is 0 Å². The van der Waals surface area contributed by atoms with Crippen LogP contribution >= 0.6 is 12.6 Å². The highest BCUT2D eigenvalue weighted by molar-refractivity contribution is 7.96. The van der Waals surface area contributed by atoms with Crippen LogP contribution < -0.4 is 0 Å². The molecule has 3 heteroatoms. The summed E-state index contributed by atoms with van der Waals surface area (Å²) in [4.78, 5) is 9.99. The average molecular weight is 120 g/mol. The Labute approximate surface area is 47.9 Å². The molecule has 0 aliphatic rings. The predicted molar refractivity (Wildman–Crippen MR) is 30.3 cm³/mol. The Balaban J connectivity index is 3.34. The van der Waals surface area contributed by atoms with E-state index < -0.39 is 11.2 Å². The van der Waals surface area contributed by atoms with Crippen LogP contribution in [0.4, 0.5) is 0 Å². The molecule has 0 aromatic rings. The van der Waals surface area contributed by atoms with Gasteiger partial charge in [-0.1, -0.05) is 6.92 Å². The Kier molecular flexibility index (Phi) is 3.04. The van der Waals surface area contributed by atoms with Gasteiger partial charge >= 0.3 is 0 Å². The van der Waals surface area contributed by atoms with Crippen molar-refractivity contribution in [1.29, 1.82) is 0 Å². The molecular weight excluding hydrogens is 112 g/mol. The van der Waals surface area contributed by atoms with Crippen LogP contribution in [-0.2, 0) is 4.79 Å². The van der Waals surface area contributed by atoms with Crippen molar-refractivity contribution in [2.45, 2.75) is 19.4 Å². The van der Waals surface area contributed by atoms with Gasteiger partial charge in [0.25, 0.3) is 0 Å². The fraction of sp³-hybridized carbons (Fsp3) is 0.750. The van der Waals surface area contributed by atoms with Crippen molar-refractivity contribution in [2.75, 3.05) is 0 Å². The number of thiol groups is 1. The molecule has 1 N–H and O–H groups in total. The van der Waals surface area contributed by atoms with Gasteiger partial charge in [-0.15, -0.1) is 12.6 Å². The molecule has 0 heterocycles. The fourth-order valence-electron chi connectivity index (χ4n) is 0.175. The second kappa shape index (κ2) is 3.04. The normalized spacial score (nSPS) is 13.6. The van der Waals surface area contributed by atoms with Gasteiger partial charge in [-0.05, 0) is 6.42 Å². The van der Waals surface area contributed by atoms with Gasteiger partial charge in [0.05, 0.1) is 0 Å². The van der Waals surface area contributed by atoms with Crippen molar-refractivity contribution in [1.82, 2.24) is 0 Å². The smallest absolute Gasteiger partial charge is 0.214 e. The van der Waals surface area contributed by atoms with Crippen molar-refractivity contribution in [3.8, 4) is 0 Å². The van der Waals surface area contributed by atoms with Crippen molar-refractivity contribution >= 4 is 17.7 Å². The molecule has 0 bridgehead atoms. The van der Waals surface area contributed by atoms with Crippen LogP contribution in [0.5, 0.6) is 0 Å². The average Bonchev–Trinajstić information content (AvgIpc) is 1.65. The topological polar surface area (TPSA) is 37.3 Å². The van der Waals surface area contributed by atoms with E-state index in [0.29, 0.717) is 6.42 Å². The summed E-state index contributed by atoms with van der Waals surface area (Å²) in [6.45, 7) is 1.72. The largest absolute Gasteiger partial charge is 0.384 e. The molecule has 0 aromatic heterocycles. The monoisotopic (exact) mass is 120 g/mol. The zero-order valence-electron chi connectivity index (χ0n) is 4.09. The van der Waals surface area contributed by atoms with E-state index in [4.69, 9.17) is 5.11 Å². The molecule has 0 rings (SSSR count). The Morgan fingerprint density at radius 2 is 2.43 bits per heavy atom. The molecule has 0 unspecified atom stereocenters. The first-order valence-corrected chi connectivity index (χ1v) is 2.54. The Morgan fingerprint density at radius 3 is 2.43 bits per heavy atom. The maximum Gasteiger partial charge on any atom is 0.214 e. The Morgan fingerprint density at radius 1 is 2.00 bits per heavy atom. The van der Waals surface area contributed by atoms with E-state index in [9.17, 15) is 4.79 Å². The number of hydrogen-bond donors (Lipinski definition) is 2. The quantitative estimate of drug-likeness (QED) is 0.511. The predicted octanol–water partition coefficient (Wildman–Crippen LogP) is 0.214. The Hall–Kier alpha value is -0.0200. The molecule has 0 aliphatic heterocycles. The zero-order chi connectivity index (χ0) is 5.86. The third-order valence-corrected chi connectivity index (χ3v) is 0.970. The van der Waals surface area contributed by atoms with Crippen LogP contribution in [0.1, 0.15) is 13.3 Å². The van der Waals surface area contributed by atoms with E-state index in [1.165, 1.54) is 0 Å². The number of carbonyl (C=O) groups excluding carboxylic acids is 1. The number of aliphatic hydroxyl groups excluding tert-OH is 1. The molecule has 0 saturated heterocycles. The highest BCUT2D eigenvalue weighted by Gasteiger charge is 2.04. The molecule has 2 nitrogen and oxygen atoms in total. The van der Waals surface area contributed by atoms with E-state index >= 15 is 0 Å². The third kappa shape index (κ3) is 2.65. The lowest BCUT2D eigenvalue weighted by Gasteiger charge is -1.96. The lowest BCUT2D eigenvalue weighted by molar-refractivity contribution is -0.118. The number of carbonyl (C=O) groups is 1. The van der Waals surface area contributed by atoms with Crippen LogP contribution in [0.3, 0.4) is 0 Å². The maximum atomic E-state index is 9.99. The van der Waals surface area contributed by atoms with E-state index in [1.54, 1.807) is 6.92 Å². The van der Waals surface area contributed by atoms with Crippen molar-refractivity contribution in [3.63, 3.8) is 0 Å². The van der Waals surface area contributed by atoms with E-state index in [2.05, 4.69) is 12.6 Å². The molecule has 1 atom stereocenters. The molecule has 0 radical (unpaired) electrons. The first-order valence-electron chi connectivity index (χ1n) is 2.09. The summed E-state index contributed by atoms with van der Waals surface area (Å²) in [6.07, 6.45) is -0.425. The highest BCUT2D eigenvalue weighted by atomic mass is 32.1. The maximum absolute atomic E-state index is 9.99. The molecule has 7 heavy (non-hydrogen) atoms. The van der Waals surface area contributed by atoms with Crippen LogP contribution in [0.15, 0.2) is 0 Å². The van der Waals surface area contributed by atoms with Crippen molar-refractivity contribution in [2.24, 2.45) is 0 Å². The minimum Gasteiger partial charge on any atom is -0.384 e. The second-order valence-corrected chi connectivity index (χ2v) is 1.70. The van der Waals surface area contributed by atoms with Gasteiger partial charge in [0.2, 0.25) is 5.12 Å². The summed E-state index contributed by atoms with van der Waals surface area (Å²) >= 11 is 3.38.